The number of methoxy groups -OCH3 is 1. The van der Waals surface area contributed by atoms with E-state index in [1.54, 1.807) is 37.3 Å². The maximum Gasteiger partial charge on any atom is 0.342 e. The molecule has 2 aromatic carbocycles. The van der Waals surface area contributed by atoms with Crippen molar-refractivity contribution in [1.29, 1.82) is 0 Å². The minimum Gasteiger partial charge on any atom is -0.497 e. The lowest BCUT2D eigenvalue weighted by Crippen LogP contribution is -2.12. The van der Waals surface area contributed by atoms with E-state index in [-0.39, 0.29) is 16.4 Å². The van der Waals surface area contributed by atoms with Crippen LogP contribution in [0.5, 0.6) is 17.2 Å². The SMILES string of the molecule is CCOc1ccc(Br)cc1S(=O)(=O)Oc1cccc(OC)c1. The Balaban J connectivity index is 2.39. The van der Waals surface area contributed by atoms with Gasteiger partial charge in [0.05, 0.1) is 13.7 Å². The van der Waals surface area contributed by atoms with Gasteiger partial charge in [-0.05, 0) is 37.3 Å². The van der Waals surface area contributed by atoms with E-state index in [9.17, 15) is 8.42 Å². The van der Waals surface area contributed by atoms with E-state index < -0.39 is 10.1 Å². The van der Waals surface area contributed by atoms with Gasteiger partial charge in [-0.3, -0.25) is 0 Å². The highest BCUT2D eigenvalue weighted by Crippen LogP contribution is 2.30. The average Bonchev–Trinajstić information content (AvgIpc) is 2.49. The Hall–Kier alpha value is -1.73. The number of ether oxygens (including phenoxy) is 2. The lowest BCUT2D eigenvalue weighted by molar-refractivity contribution is 0.329. The van der Waals surface area contributed by atoms with Crippen molar-refractivity contribution in [2.24, 2.45) is 0 Å². The molecule has 0 aromatic heterocycles. The van der Waals surface area contributed by atoms with Gasteiger partial charge in [-0.1, -0.05) is 22.0 Å². The number of hydrogen-bond donors (Lipinski definition) is 0. The van der Waals surface area contributed by atoms with Crippen molar-refractivity contribution < 1.29 is 22.1 Å². The van der Waals surface area contributed by atoms with Crippen LogP contribution in [0, 0.1) is 0 Å². The molecule has 118 valence electrons. The maximum absolute atomic E-state index is 12.5. The second kappa shape index (κ2) is 7.02. The molecule has 7 heteroatoms. The second-order valence-electron chi connectivity index (χ2n) is 4.24. The molecule has 0 radical (unpaired) electrons. The molecule has 0 aliphatic rings. The number of hydrogen-bond acceptors (Lipinski definition) is 5. The highest BCUT2D eigenvalue weighted by atomic mass is 79.9. The van der Waals surface area contributed by atoms with Gasteiger partial charge in [-0.25, -0.2) is 0 Å². The minimum atomic E-state index is -4.02. The van der Waals surface area contributed by atoms with Gasteiger partial charge in [0.15, 0.2) is 0 Å². The third-order valence-corrected chi connectivity index (χ3v) is 4.48. The average molecular weight is 387 g/mol. The number of rotatable bonds is 6. The van der Waals surface area contributed by atoms with E-state index >= 15 is 0 Å². The predicted molar refractivity (Wildman–Crippen MR) is 86.1 cm³/mol. The zero-order valence-electron chi connectivity index (χ0n) is 12.1. The summed E-state index contributed by atoms with van der Waals surface area (Å²) in [5.41, 5.74) is 0. The van der Waals surface area contributed by atoms with Crippen molar-refractivity contribution in [2.45, 2.75) is 11.8 Å². The molecule has 0 spiro atoms. The highest BCUT2D eigenvalue weighted by Gasteiger charge is 2.22. The topological polar surface area (TPSA) is 61.8 Å². The zero-order chi connectivity index (χ0) is 16.2. The van der Waals surface area contributed by atoms with Crippen molar-refractivity contribution >= 4 is 26.0 Å². The summed E-state index contributed by atoms with van der Waals surface area (Å²) in [6.07, 6.45) is 0. The van der Waals surface area contributed by atoms with Crippen molar-refractivity contribution in [3.8, 4) is 17.2 Å². The van der Waals surface area contributed by atoms with Gasteiger partial charge in [0.1, 0.15) is 22.1 Å². The molecule has 0 saturated heterocycles. The third kappa shape index (κ3) is 3.92. The molecule has 0 aliphatic carbocycles. The first kappa shape index (κ1) is 16.6. The van der Waals surface area contributed by atoms with Crippen LogP contribution in [0.3, 0.4) is 0 Å². The molecule has 0 saturated carbocycles. The molecule has 0 N–H and O–H groups in total. The molecule has 0 amide bonds. The van der Waals surface area contributed by atoms with Gasteiger partial charge in [0, 0.05) is 10.5 Å². The van der Waals surface area contributed by atoms with E-state index in [1.807, 2.05) is 0 Å². The first-order chi connectivity index (χ1) is 10.5. The Morgan fingerprint density at radius 2 is 1.82 bits per heavy atom. The highest BCUT2D eigenvalue weighted by molar-refractivity contribution is 9.10. The van der Waals surface area contributed by atoms with E-state index in [0.29, 0.717) is 16.8 Å². The van der Waals surface area contributed by atoms with Gasteiger partial charge in [-0.15, -0.1) is 0 Å². The van der Waals surface area contributed by atoms with Crippen LogP contribution >= 0.6 is 15.9 Å². The lowest BCUT2D eigenvalue weighted by atomic mass is 10.3. The smallest absolute Gasteiger partial charge is 0.342 e. The Morgan fingerprint density at radius 3 is 2.50 bits per heavy atom. The Labute approximate surface area is 138 Å². The summed E-state index contributed by atoms with van der Waals surface area (Å²) in [4.78, 5) is -0.0356. The molecule has 5 nitrogen and oxygen atoms in total. The summed E-state index contributed by atoms with van der Waals surface area (Å²) < 4.78 is 41.2. The van der Waals surface area contributed by atoms with Gasteiger partial charge >= 0.3 is 10.1 Å². The van der Waals surface area contributed by atoms with E-state index in [2.05, 4.69) is 15.9 Å². The van der Waals surface area contributed by atoms with Crippen molar-refractivity contribution in [1.82, 2.24) is 0 Å². The van der Waals surface area contributed by atoms with E-state index in [1.165, 1.54) is 19.2 Å². The van der Waals surface area contributed by atoms with Crippen LogP contribution in [-0.2, 0) is 10.1 Å². The van der Waals surface area contributed by atoms with Gasteiger partial charge < -0.3 is 13.7 Å². The normalized spacial score (nSPS) is 11.0. The summed E-state index contributed by atoms with van der Waals surface area (Å²) >= 11 is 3.25. The summed E-state index contributed by atoms with van der Waals surface area (Å²) in [6, 6.07) is 11.1. The van der Waals surface area contributed by atoms with E-state index in [4.69, 9.17) is 13.7 Å². The van der Waals surface area contributed by atoms with Crippen molar-refractivity contribution in [2.75, 3.05) is 13.7 Å². The molecule has 0 aliphatic heterocycles. The summed E-state index contributed by atoms with van der Waals surface area (Å²) in [5, 5.41) is 0. The summed E-state index contributed by atoms with van der Waals surface area (Å²) in [7, 11) is -2.53. The van der Waals surface area contributed by atoms with Gasteiger partial charge in [-0.2, -0.15) is 8.42 Å². The number of benzene rings is 2. The van der Waals surface area contributed by atoms with Crippen LogP contribution in [0.2, 0.25) is 0 Å². The molecule has 2 rings (SSSR count). The largest absolute Gasteiger partial charge is 0.497 e. The van der Waals surface area contributed by atoms with Crippen LogP contribution in [0.25, 0.3) is 0 Å². The Kier molecular flexibility index (Phi) is 5.31. The van der Waals surface area contributed by atoms with Gasteiger partial charge in [0.25, 0.3) is 0 Å². The molecular weight excluding hydrogens is 372 g/mol. The van der Waals surface area contributed by atoms with Crippen LogP contribution in [0.1, 0.15) is 6.92 Å². The summed E-state index contributed by atoms with van der Waals surface area (Å²) in [6.45, 7) is 2.13. The Bertz CT molecular complexity index is 758. The molecule has 0 fully saturated rings. The fourth-order valence-electron chi connectivity index (χ4n) is 1.78. The summed E-state index contributed by atoms with van der Waals surface area (Å²) in [5.74, 6) is 0.919. The number of halogens is 1. The van der Waals surface area contributed by atoms with Crippen LogP contribution in [-0.4, -0.2) is 22.1 Å². The standard InChI is InChI=1S/C15H15BrO5S/c1-3-20-14-8-7-11(16)9-15(14)22(17,18)21-13-6-4-5-12(10-13)19-2/h4-10H,3H2,1-2H3. The predicted octanol–water partition coefficient (Wildman–Crippen LogP) is 3.62. The maximum atomic E-state index is 12.5. The molecule has 0 heterocycles. The first-order valence-corrected chi connectivity index (χ1v) is 8.67. The monoisotopic (exact) mass is 386 g/mol. The fourth-order valence-corrected chi connectivity index (χ4v) is 3.38. The molecule has 0 atom stereocenters. The van der Waals surface area contributed by atoms with Crippen molar-refractivity contribution in [3.05, 3.63) is 46.9 Å². The molecular formula is C15H15BrO5S. The molecule has 2 aromatic rings. The minimum absolute atomic E-state index is 0.0356. The van der Waals surface area contributed by atoms with E-state index in [0.717, 1.165) is 0 Å². The van der Waals surface area contributed by atoms with Crippen LogP contribution in [0.4, 0.5) is 0 Å². The van der Waals surface area contributed by atoms with Crippen molar-refractivity contribution in [3.63, 3.8) is 0 Å². The third-order valence-electron chi connectivity index (χ3n) is 2.72. The first-order valence-electron chi connectivity index (χ1n) is 6.47. The quantitative estimate of drug-likeness (QED) is 0.709. The van der Waals surface area contributed by atoms with Gasteiger partial charge in [0.2, 0.25) is 0 Å². The molecule has 22 heavy (non-hydrogen) atoms. The fraction of sp³-hybridized carbons (Fsp3) is 0.200. The van der Waals surface area contributed by atoms with Crippen LogP contribution < -0.4 is 13.7 Å². The zero-order valence-corrected chi connectivity index (χ0v) is 14.5. The second-order valence-corrected chi connectivity index (χ2v) is 6.67. The Morgan fingerprint density at radius 1 is 1.09 bits per heavy atom. The lowest BCUT2D eigenvalue weighted by Gasteiger charge is -2.12. The van der Waals surface area contributed by atoms with Crippen LogP contribution in [0.15, 0.2) is 51.8 Å². The molecule has 0 unspecified atom stereocenters. The molecule has 0 bridgehead atoms.